The van der Waals surface area contributed by atoms with Crippen LogP contribution < -0.4 is 4.74 Å². The molecule has 0 aromatic heterocycles. The highest BCUT2D eigenvalue weighted by Crippen LogP contribution is 2.23. The fourth-order valence-corrected chi connectivity index (χ4v) is 1.22. The maximum atomic E-state index is 10.3. The molecule has 0 amide bonds. The van der Waals surface area contributed by atoms with E-state index in [0.29, 0.717) is 6.61 Å². The molecule has 1 unspecified atom stereocenters. The molecule has 0 aliphatic rings. The standard InChI is InChI=1S/C10H11BrO2/c1-8(6-12)7-13-10-5-3-2-4-9(10)11/h2-6,8H,7H2,1H3. The van der Waals surface area contributed by atoms with Crippen LogP contribution in [0.4, 0.5) is 0 Å². The van der Waals surface area contributed by atoms with Crippen LogP contribution in [0.25, 0.3) is 0 Å². The molecule has 70 valence electrons. The van der Waals surface area contributed by atoms with Gasteiger partial charge in [-0.05, 0) is 28.1 Å². The van der Waals surface area contributed by atoms with E-state index in [1.165, 1.54) is 0 Å². The monoisotopic (exact) mass is 242 g/mol. The quantitative estimate of drug-likeness (QED) is 0.760. The van der Waals surface area contributed by atoms with Crippen LogP contribution in [0, 0.1) is 5.92 Å². The summed E-state index contributed by atoms with van der Waals surface area (Å²) in [6.45, 7) is 2.25. The Hall–Kier alpha value is -0.830. The first kappa shape index (κ1) is 10.3. The maximum Gasteiger partial charge on any atom is 0.133 e. The lowest BCUT2D eigenvalue weighted by atomic mass is 10.2. The minimum atomic E-state index is -0.0629. The summed E-state index contributed by atoms with van der Waals surface area (Å²) in [5.41, 5.74) is 0. The van der Waals surface area contributed by atoms with E-state index in [9.17, 15) is 4.79 Å². The van der Waals surface area contributed by atoms with Crippen LogP contribution in [0.5, 0.6) is 5.75 Å². The minimum absolute atomic E-state index is 0.0629. The van der Waals surface area contributed by atoms with E-state index in [-0.39, 0.29) is 5.92 Å². The predicted octanol–water partition coefficient (Wildman–Crippen LogP) is 2.66. The molecule has 1 atom stereocenters. The van der Waals surface area contributed by atoms with Crippen LogP contribution in [-0.4, -0.2) is 12.9 Å². The normalized spacial score (nSPS) is 12.2. The van der Waals surface area contributed by atoms with Crippen LogP contribution in [-0.2, 0) is 4.79 Å². The predicted molar refractivity (Wildman–Crippen MR) is 54.9 cm³/mol. The molecule has 0 spiro atoms. The van der Waals surface area contributed by atoms with Crippen molar-refractivity contribution in [2.24, 2.45) is 5.92 Å². The molecule has 0 saturated heterocycles. The van der Waals surface area contributed by atoms with Gasteiger partial charge in [-0.15, -0.1) is 0 Å². The van der Waals surface area contributed by atoms with Crippen LogP contribution >= 0.6 is 15.9 Å². The zero-order valence-corrected chi connectivity index (χ0v) is 8.95. The van der Waals surface area contributed by atoms with Gasteiger partial charge in [-0.25, -0.2) is 0 Å². The molecule has 2 nitrogen and oxygen atoms in total. The molecule has 0 bridgehead atoms. The Balaban J connectivity index is 2.54. The number of carbonyl (C=O) groups excluding carboxylic acids is 1. The van der Waals surface area contributed by atoms with Crippen LogP contribution in [0.2, 0.25) is 0 Å². The van der Waals surface area contributed by atoms with Gasteiger partial charge in [0.25, 0.3) is 0 Å². The third kappa shape index (κ3) is 3.19. The lowest BCUT2D eigenvalue weighted by Gasteiger charge is -2.08. The fourth-order valence-electron chi connectivity index (χ4n) is 0.822. The van der Waals surface area contributed by atoms with E-state index in [1.807, 2.05) is 31.2 Å². The van der Waals surface area contributed by atoms with Crippen molar-refractivity contribution < 1.29 is 9.53 Å². The van der Waals surface area contributed by atoms with Gasteiger partial charge in [0.1, 0.15) is 12.0 Å². The largest absolute Gasteiger partial charge is 0.492 e. The second kappa shape index (κ2) is 5.02. The van der Waals surface area contributed by atoms with Crippen molar-refractivity contribution >= 4 is 22.2 Å². The van der Waals surface area contributed by atoms with Crippen molar-refractivity contribution in [2.45, 2.75) is 6.92 Å². The second-order valence-electron chi connectivity index (χ2n) is 2.85. The summed E-state index contributed by atoms with van der Waals surface area (Å²) < 4.78 is 6.32. The van der Waals surface area contributed by atoms with Gasteiger partial charge in [0.15, 0.2) is 0 Å². The number of halogens is 1. The highest BCUT2D eigenvalue weighted by atomic mass is 79.9. The van der Waals surface area contributed by atoms with Crippen molar-refractivity contribution in [3.63, 3.8) is 0 Å². The third-order valence-electron chi connectivity index (χ3n) is 1.57. The van der Waals surface area contributed by atoms with Crippen LogP contribution in [0.15, 0.2) is 28.7 Å². The van der Waals surface area contributed by atoms with Crippen molar-refractivity contribution in [1.82, 2.24) is 0 Å². The summed E-state index contributed by atoms with van der Waals surface area (Å²) in [5, 5.41) is 0. The molecule has 1 aromatic rings. The molecular formula is C10H11BrO2. The van der Waals surface area contributed by atoms with Crippen molar-refractivity contribution in [3.8, 4) is 5.75 Å². The van der Waals surface area contributed by atoms with E-state index in [4.69, 9.17) is 4.74 Å². The molecule has 13 heavy (non-hydrogen) atoms. The summed E-state index contributed by atoms with van der Waals surface area (Å²) >= 11 is 3.35. The molecule has 1 aromatic carbocycles. The highest BCUT2D eigenvalue weighted by Gasteiger charge is 2.02. The van der Waals surface area contributed by atoms with Gasteiger partial charge < -0.3 is 9.53 Å². The van der Waals surface area contributed by atoms with Gasteiger partial charge in [-0.2, -0.15) is 0 Å². The number of hydrogen-bond acceptors (Lipinski definition) is 2. The van der Waals surface area contributed by atoms with E-state index >= 15 is 0 Å². The molecule has 0 fully saturated rings. The number of para-hydroxylation sites is 1. The average Bonchev–Trinajstić information content (AvgIpc) is 2.16. The number of hydrogen-bond donors (Lipinski definition) is 0. The highest BCUT2D eigenvalue weighted by molar-refractivity contribution is 9.10. The Morgan fingerprint density at radius 1 is 1.54 bits per heavy atom. The first-order valence-corrected chi connectivity index (χ1v) is 4.86. The first-order chi connectivity index (χ1) is 6.24. The molecule has 1 rings (SSSR count). The van der Waals surface area contributed by atoms with Crippen molar-refractivity contribution in [1.29, 1.82) is 0 Å². The van der Waals surface area contributed by atoms with Gasteiger partial charge in [0.05, 0.1) is 11.1 Å². The smallest absolute Gasteiger partial charge is 0.133 e. The topological polar surface area (TPSA) is 26.3 Å². The zero-order valence-electron chi connectivity index (χ0n) is 7.37. The summed E-state index contributed by atoms with van der Waals surface area (Å²) in [7, 11) is 0. The average molecular weight is 243 g/mol. The Morgan fingerprint density at radius 3 is 2.85 bits per heavy atom. The second-order valence-corrected chi connectivity index (χ2v) is 3.71. The maximum absolute atomic E-state index is 10.3. The molecular weight excluding hydrogens is 232 g/mol. The van der Waals surface area contributed by atoms with Gasteiger partial charge >= 0.3 is 0 Å². The van der Waals surface area contributed by atoms with Gasteiger partial charge in [0.2, 0.25) is 0 Å². The Kier molecular flexibility index (Phi) is 3.96. The summed E-state index contributed by atoms with van der Waals surface area (Å²) in [4.78, 5) is 10.3. The molecule has 0 heterocycles. The van der Waals surface area contributed by atoms with E-state index in [1.54, 1.807) is 0 Å². The number of ether oxygens (including phenoxy) is 1. The Morgan fingerprint density at radius 2 is 2.23 bits per heavy atom. The Labute approximate surface area is 86.0 Å². The molecule has 3 heteroatoms. The molecule has 0 aliphatic carbocycles. The summed E-state index contributed by atoms with van der Waals surface area (Å²) in [6, 6.07) is 7.58. The number of rotatable bonds is 4. The lowest BCUT2D eigenvalue weighted by molar-refractivity contribution is -0.111. The van der Waals surface area contributed by atoms with Crippen molar-refractivity contribution in [3.05, 3.63) is 28.7 Å². The molecule has 0 saturated carbocycles. The van der Waals surface area contributed by atoms with E-state index < -0.39 is 0 Å². The third-order valence-corrected chi connectivity index (χ3v) is 2.23. The lowest BCUT2D eigenvalue weighted by Crippen LogP contribution is -2.09. The molecule has 0 aliphatic heterocycles. The SMILES string of the molecule is CC(C=O)COc1ccccc1Br. The number of benzene rings is 1. The van der Waals surface area contributed by atoms with Gasteiger partial charge in [-0.1, -0.05) is 19.1 Å². The van der Waals surface area contributed by atoms with Crippen LogP contribution in [0.3, 0.4) is 0 Å². The Bertz CT molecular complexity index is 286. The van der Waals surface area contributed by atoms with Crippen molar-refractivity contribution in [2.75, 3.05) is 6.61 Å². The zero-order chi connectivity index (χ0) is 9.68. The van der Waals surface area contributed by atoms with E-state index in [2.05, 4.69) is 15.9 Å². The van der Waals surface area contributed by atoms with Gasteiger partial charge in [-0.3, -0.25) is 0 Å². The minimum Gasteiger partial charge on any atom is -0.492 e. The fraction of sp³-hybridized carbons (Fsp3) is 0.300. The number of carbonyl (C=O) groups is 1. The van der Waals surface area contributed by atoms with E-state index in [0.717, 1.165) is 16.5 Å². The summed E-state index contributed by atoms with van der Waals surface area (Å²) in [5.74, 6) is 0.711. The summed E-state index contributed by atoms with van der Waals surface area (Å²) in [6.07, 6.45) is 0.886. The number of aldehydes is 1. The van der Waals surface area contributed by atoms with Crippen LogP contribution in [0.1, 0.15) is 6.92 Å². The molecule has 0 radical (unpaired) electrons. The first-order valence-electron chi connectivity index (χ1n) is 4.06. The molecule has 0 N–H and O–H groups in total. The van der Waals surface area contributed by atoms with Gasteiger partial charge in [0, 0.05) is 5.92 Å².